The van der Waals surface area contributed by atoms with Gasteiger partial charge in [-0.1, -0.05) is 64.8 Å². The van der Waals surface area contributed by atoms with Crippen LogP contribution in [0.5, 0.6) is 0 Å². The SMILES string of the molecule is [C-]#[N+]C(CC)(Cc1cc(Cl)ccc1Br)c1ccccc1. The van der Waals surface area contributed by atoms with Crippen LogP contribution in [0.1, 0.15) is 24.5 Å². The minimum absolute atomic E-state index is 0.533. The van der Waals surface area contributed by atoms with Crippen LogP contribution >= 0.6 is 27.5 Å². The normalized spacial score (nSPS) is 13.5. The fourth-order valence-electron chi connectivity index (χ4n) is 2.36. The average Bonchev–Trinajstić information content (AvgIpc) is 2.49. The molecule has 0 spiro atoms. The molecule has 0 aromatic heterocycles. The molecule has 1 atom stereocenters. The highest BCUT2D eigenvalue weighted by molar-refractivity contribution is 9.10. The van der Waals surface area contributed by atoms with Crippen molar-refractivity contribution in [3.8, 4) is 0 Å². The summed E-state index contributed by atoms with van der Waals surface area (Å²) in [4.78, 5) is 3.96. The monoisotopic (exact) mass is 347 g/mol. The van der Waals surface area contributed by atoms with Gasteiger partial charge in [0.15, 0.2) is 0 Å². The van der Waals surface area contributed by atoms with Crippen LogP contribution in [0, 0.1) is 6.57 Å². The van der Waals surface area contributed by atoms with Crippen molar-refractivity contribution in [1.29, 1.82) is 0 Å². The molecule has 2 aromatic rings. The first kappa shape index (κ1) is 15.1. The third-order valence-electron chi connectivity index (χ3n) is 3.60. The van der Waals surface area contributed by atoms with E-state index < -0.39 is 5.54 Å². The van der Waals surface area contributed by atoms with E-state index in [1.54, 1.807) is 0 Å². The Kier molecular flexibility index (Phi) is 4.86. The maximum absolute atomic E-state index is 7.70. The molecule has 0 aliphatic carbocycles. The van der Waals surface area contributed by atoms with Gasteiger partial charge in [0.1, 0.15) is 0 Å². The number of benzene rings is 2. The minimum Gasteiger partial charge on any atom is -0.305 e. The molecule has 0 bridgehead atoms. The Balaban J connectivity index is 2.45. The van der Waals surface area contributed by atoms with Gasteiger partial charge >= 0.3 is 0 Å². The number of nitrogens with zero attached hydrogens (tertiary/aromatic N) is 1. The van der Waals surface area contributed by atoms with Crippen molar-refractivity contribution in [2.45, 2.75) is 25.3 Å². The van der Waals surface area contributed by atoms with Crippen molar-refractivity contribution in [3.63, 3.8) is 0 Å². The predicted molar refractivity (Wildman–Crippen MR) is 87.9 cm³/mol. The van der Waals surface area contributed by atoms with E-state index in [1.807, 2.05) is 48.5 Å². The standard InChI is InChI=1S/C17H15BrClN/c1-3-17(20-2,14-7-5-4-6-8-14)12-13-11-15(19)9-10-16(13)18/h4-11H,3,12H2,1H3. The second-order valence-electron chi connectivity index (χ2n) is 4.78. The second kappa shape index (κ2) is 6.43. The van der Waals surface area contributed by atoms with Crippen LogP contribution in [0.2, 0.25) is 5.02 Å². The molecule has 3 heteroatoms. The molecule has 0 fully saturated rings. The first-order valence-corrected chi connectivity index (χ1v) is 7.66. The van der Waals surface area contributed by atoms with Gasteiger partial charge in [0, 0.05) is 21.5 Å². The van der Waals surface area contributed by atoms with Gasteiger partial charge in [0.05, 0.1) is 6.42 Å². The summed E-state index contributed by atoms with van der Waals surface area (Å²) in [5.41, 5.74) is 1.60. The van der Waals surface area contributed by atoms with Gasteiger partial charge in [0.25, 0.3) is 5.54 Å². The highest BCUT2D eigenvalue weighted by Crippen LogP contribution is 2.36. The molecule has 1 unspecified atom stereocenters. The number of hydrogen-bond acceptors (Lipinski definition) is 0. The maximum atomic E-state index is 7.70. The molecule has 1 nitrogen and oxygen atoms in total. The van der Waals surface area contributed by atoms with Crippen molar-refractivity contribution in [1.82, 2.24) is 0 Å². The Morgan fingerprint density at radius 3 is 2.50 bits per heavy atom. The molecule has 0 saturated carbocycles. The van der Waals surface area contributed by atoms with E-state index in [0.717, 1.165) is 22.0 Å². The van der Waals surface area contributed by atoms with Crippen LogP contribution in [0.15, 0.2) is 53.0 Å². The molecule has 0 aliphatic heterocycles. The van der Waals surface area contributed by atoms with E-state index in [0.29, 0.717) is 11.4 Å². The Labute approximate surface area is 133 Å². The first-order chi connectivity index (χ1) is 9.61. The Hall–Kier alpha value is -1.30. The van der Waals surface area contributed by atoms with Crippen LogP contribution in [0.4, 0.5) is 0 Å². The van der Waals surface area contributed by atoms with Gasteiger partial charge < -0.3 is 4.85 Å². The lowest BCUT2D eigenvalue weighted by Gasteiger charge is -2.22. The highest BCUT2D eigenvalue weighted by Gasteiger charge is 2.37. The fourth-order valence-corrected chi connectivity index (χ4v) is 2.94. The quantitative estimate of drug-likeness (QED) is 0.609. The van der Waals surface area contributed by atoms with Crippen LogP contribution < -0.4 is 0 Å². The molecule has 102 valence electrons. The van der Waals surface area contributed by atoms with E-state index in [9.17, 15) is 0 Å². The zero-order chi connectivity index (χ0) is 14.6. The van der Waals surface area contributed by atoms with Crippen LogP contribution in [0.25, 0.3) is 4.85 Å². The van der Waals surface area contributed by atoms with E-state index in [1.165, 1.54) is 0 Å². The maximum Gasteiger partial charge on any atom is 0.261 e. The lowest BCUT2D eigenvalue weighted by molar-refractivity contribution is 0.506. The minimum atomic E-state index is -0.533. The van der Waals surface area contributed by atoms with Crippen LogP contribution in [0.3, 0.4) is 0 Å². The molecular weight excluding hydrogens is 334 g/mol. The summed E-state index contributed by atoms with van der Waals surface area (Å²) in [5, 5.41) is 0.700. The van der Waals surface area contributed by atoms with E-state index >= 15 is 0 Å². The summed E-state index contributed by atoms with van der Waals surface area (Å²) in [7, 11) is 0. The van der Waals surface area contributed by atoms with Gasteiger partial charge in [-0.15, -0.1) is 0 Å². The molecular formula is C17H15BrClN. The summed E-state index contributed by atoms with van der Waals surface area (Å²) in [6.45, 7) is 9.75. The van der Waals surface area contributed by atoms with Crippen molar-refractivity contribution >= 4 is 27.5 Å². The molecule has 20 heavy (non-hydrogen) atoms. The Bertz CT molecular complexity index is 633. The third-order valence-corrected chi connectivity index (χ3v) is 4.61. The first-order valence-electron chi connectivity index (χ1n) is 6.49. The second-order valence-corrected chi connectivity index (χ2v) is 6.07. The lowest BCUT2D eigenvalue weighted by atomic mass is 9.82. The number of hydrogen-bond donors (Lipinski definition) is 0. The molecule has 0 amide bonds. The van der Waals surface area contributed by atoms with E-state index in [2.05, 4.69) is 27.7 Å². The zero-order valence-electron chi connectivity index (χ0n) is 11.2. The van der Waals surface area contributed by atoms with Crippen LogP contribution in [-0.4, -0.2) is 0 Å². The predicted octanol–water partition coefficient (Wildman–Crippen LogP) is 5.87. The van der Waals surface area contributed by atoms with Gasteiger partial charge in [-0.2, -0.15) is 0 Å². The zero-order valence-corrected chi connectivity index (χ0v) is 13.6. The number of rotatable bonds is 4. The summed E-state index contributed by atoms with van der Waals surface area (Å²) >= 11 is 9.63. The highest BCUT2D eigenvalue weighted by atomic mass is 79.9. The summed E-state index contributed by atoms with van der Waals surface area (Å²) in [5.74, 6) is 0. The molecule has 0 radical (unpaired) electrons. The molecule has 2 aromatic carbocycles. The van der Waals surface area contributed by atoms with Gasteiger partial charge in [-0.25, -0.2) is 6.57 Å². The largest absolute Gasteiger partial charge is 0.305 e. The van der Waals surface area contributed by atoms with E-state index in [4.69, 9.17) is 18.2 Å². The fraction of sp³-hybridized carbons (Fsp3) is 0.235. The molecule has 0 N–H and O–H groups in total. The summed E-state index contributed by atoms with van der Waals surface area (Å²) in [6, 6.07) is 15.7. The van der Waals surface area contributed by atoms with Gasteiger partial charge in [0.2, 0.25) is 0 Å². The van der Waals surface area contributed by atoms with Crippen molar-refractivity contribution in [2.24, 2.45) is 0 Å². The summed E-state index contributed by atoms with van der Waals surface area (Å²) in [6.07, 6.45) is 1.41. The van der Waals surface area contributed by atoms with E-state index in [-0.39, 0.29) is 0 Å². The van der Waals surface area contributed by atoms with Gasteiger partial charge in [-0.3, -0.25) is 0 Å². The van der Waals surface area contributed by atoms with Gasteiger partial charge in [-0.05, 0) is 23.8 Å². The molecule has 0 aliphatic rings. The average molecular weight is 349 g/mol. The number of halogens is 2. The lowest BCUT2D eigenvalue weighted by Crippen LogP contribution is -2.24. The van der Waals surface area contributed by atoms with Crippen molar-refractivity contribution in [2.75, 3.05) is 0 Å². The molecule has 2 rings (SSSR count). The smallest absolute Gasteiger partial charge is 0.261 e. The third kappa shape index (κ3) is 3.06. The Morgan fingerprint density at radius 2 is 1.90 bits per heavy atom. The van der Waals surface area contributed by atoms with Crippen LogP contribution in [-0.2, 0) is 12.0 Å². The van der Waals surface area contributed by atoms with Crippen molar-refractivity contribution in [3.05, 3.63) is 80.6 Å². The molecule has 0 heterocycles. The summed E-state index contributed by atoms with van der Waals surface area (Å²) < 4.78 is 0.999. The van der Waals surface area contributed by atoms with Crippen molar-refractivity contribution < 1.29 is 0 Å². The Morgan fingerprint density at radius 1 is 1.20 bits per heavy atom. The topological polar surface area (TPSA) is 4.36 Å². The molecule has 0 saturated heterocycles.